The molecule has 0 aromatic heterocycles. The van der Waals surface area contributed by atoms with E-state index in [-0.39, 0.29) is 11.7 Å². The molecule has 1 saturated heterocycles. The molecule has 1 heterocycles. The van der Waals surface area contributed by atoms with Gasteiger partial charge in [0.1, 0.15) is 5.82 Å². The first-order valence-electron chi connectivity index (χ1n) is 6.14. The lowest BCUT2D eigenvalue weighted by molar-refractivity contribution is -0.144. The van der Waals surface area contributed by atoms with Crippen LogP contribution in [0.2, 0.25) is 0 Å². The van der Waals surface area contributed by atoms with E-state index in [0.29, 0.717) is 31.5 Å². The van der Waals surface area contributed by atoms with E-state index >= 15 is 0 Å². The maximum atomic E-state index is 13.6. The fraction of sp³-hybridized carbons (Fsp3) is 0.429. The van der Waals surface area contributed by atoms with Crippen LogP contribution in [0.15, 0.2) is 24.3 Å². The van der Waals surface area contributed by atoms with Crippen LogP contribution in [0, 0.1) is 5.82 Å². The van der Waals surface area contributed by atoms with Crippen molar-refractivity contribution >= 4 is 11.7 Å². The molecule has 0 spiro atoms. The van der Waals surface area contributed by atoms with E-state index in [1.54, 1.807) is 17.0 Å². The fourth-order valence-corrected chi connectivity index (χ4v) is 2.42. The zero-order valence-corrected chi connectivity index (χ0v) is 10.4. The standard InChI is InChI=1S/C14H16FNO2/c1-10(17)14(18)16-8-6-11(7-9-16)12-4-2-3-5-13(12)15/h2-5,11H,6-9H2,1H3. The first-order valence-corrected chi connectivity index (χ1v) is 6.14. The first-order chi connectivity index (χ1) is 8.59. The number of carbonyl (C=O) groups is 2. The number of likely N-dealkylation sites (tertiary alicyclic amines) is 1. The lowest BCUT2D eigenvalue weighted by atomic mass is 9.89. The Bertz CT molecular complexity index is 465. The minimum Gasteiger partial charge on any atom is -0.336 e. The number of ketones is 1. The Morgan fingerprint density at radius 1 is 1.22 bits per heavy atom. The van der Waals surface area contributed by atoms with Gasteiger partial charge >= 0.3 is 0 Å². The number of piperidine rings is 1. The van der Waals surface area contributed by atoms with E-state index in [9.17, 15) is 14.0 Å². The van der Waals surface area contributed by atoms with Gasteiger partial charge in [-0.05, 0) is 30.4 Å². The lowest BCUT2D eigenvalue weighted by Gasteiger charge is -2.31. The monoisotopic (exact) mass is 249 g/mol. The largest absolute Gasteiger partial charge is 0.336 e. The molecule has 0 unspecified atom stereocenters. The first kappa shape index (κ1) is 12.7. The summed E-state index contributed by atoms with van der Waals surface area (Å²) >= 11 is 0. The highest BCUT2D eigenvalue weighted by molar-refractivity contribution is 6.35. The Morgan fingerprint density at radius 3 is 2.39 bits per heavy atom. The average Bonchev–Trinajstić information content (AvgIpc) is 2.38. The molecule has 1 fully saturated rings. The van der Waals surface area contributed by atoms with Crippen LogP contribution in [0.3, 0.4) is 0 Å². The minimum atomic E-state index is -0.431. The summed E-state index contributed by atoms with van der Waals surface area (Å²) in [6.45, 7) is 2.33. The van der Waals surface area contributed by atoms with Crippen molar-refractivity contribution in [3.8, 4) is 0 Å². The maximum Gasteiger partial charge on any atom is 0.289 e. The molecule has 96 valence electrons. The van der Waals surface area contributed by atoms with Crippen LogP contribution >= 0.6 is 0 Å². The van der Waals surface area contributed by atoms with Crippen molar-refractivity contribution in [1.82, 2.24) is 4.90 Å². The smallest absolute Gasteiger partial charge is 0.289 e. The summed E-state index contributed by atoms with van der Waals surface area (Å²) in [5, 5.41) is 0. The molecular weight excluding hydrogens is 233 g/mol. The van der Waals surface area contributed by atoms with Crippen LogP contribution in [-0.2, 0) is 9.59 Å². The van der Waals surface area contributed by atoms with Gasteiger partial charge in [-0.1, -0.05) is 18.2 Å². The molecule has 0 radical (unpaired) electrons. The SMILES string of the molecule is CC(=O)C(=O)N1CCC(c2ccccc2F)CC1. The van der Waals surface area contributed by atoms with Gasteiger partial charge in [0.2, 0.25) is 5.78 Å². The van der Waals surface area contributed by atoms with Crippen LogP contribution in [0.1, 0.15) is 31.2 Å². The second-order valence-electron chi connectivity index (χ2n) is 4.64. The van der Waals surface area contributed by atoms with Gasteiger partial charge in [-0.3, -0.25) is 9.59 Å². The molecule has 0 N–H and O–H groups in total. The molecule has 3 nitrogen and oxygen atoms in total. The Balaban J connectivity index is 2.01. The Kier molecular flexibility index (Phi) is 3.75. The van der Waals surface area contributed by atoms with Crippen LogP contribution < -0.4 is 0 Å². The number of rotatable bonds is 2. The molecule has 0 aliphatic carbocycles. The molecule has 1 aliphatic rings. The molecule has 0 bridgehead atoms. The average molecular weight is 249 g/mol. The summed E-state index contributed by atoms with van der Waals surface area (Å²) < 4.78 is 13.6. The minimum absolute atomic E-state index is 0.141. The zero-order chi connectivity index (χ0) is 13.1. The molecule has 1 aromatic carbocycles. The van der Waals surface area contributed by atoms with Crippen LogP contribution in [0.5, 0.6) is 0 Å². The summed E-state index contributed by atoms with van der Waals surface area (Å²) in [6.07, 6.45) is 1.42. The quantitative estimate of drug-likeness (QED) is 0.753. The topological polar surface area (TPSA) is 37.4 Å². The molecule has 0 atom stereocenters. The summed E-state index contributed by atoms with van der Waals surface area (Å²) in [5.41, 5.74) is 0.715. The molecular formula is C14H16FNO2. The van der Waals surface area contributed by atoms with E-state index in [1.807, 2.05) is 6.07 Å². The lowest BCUT2D eigenvalue weighted by Crippen LogP contribution is -2.41. The third-order valence-electron chi connectivity index (χ3n) is 3.43. The molecule has 1 amide bonds. The zero-order valence-electron chi connectivity index (χ0n) is 10.4. The fourth-order valence-electron chi connectivity index (χ4n) is 2.42. The molecule has 1 aromatic rings. The summed E-state index contributed by atoms with van der Waals surface area (Å²) in [7, 11) is 0. The van der Waals surface area contributed by atoms with Gasteiger partial charge in [-0.15, -0.1) is 0 Å². The summed E-state index contributed by atoms with van der Waals surface area (Å²) in [4.78, 5) is 24.1. The molecule has 2 rings (SSSR count). The van der Waals surface area contributed by atoms with Gasteiger partial charge < -0.3 is 4.90 Å². The van der Waals surface area contributed by atoms with E-state index in [4.69, 9.17) is 0 Å². The van der Waals surface area contributed by atoms with Gasteiger partial charge in [0, 0.05) is 20.0 Å². The van der Waals surface area contributed by atoms with Crippen molar-refractivity contribution < 1.29 is 14.0 Å². The predicted molar refractivity (Wildman–Crippen MR) is 65.6 cm³/mol. The maximum absolute atomic E-state index is 13.6. The van der Waals surface area contributed by atoms with Crippen LogP contribution in [-0.4, -0.2) is 29.7 Å². The predicted octanol–water partition coefficient (Wildman–Crippen LogP) is 2.12. The highest BCUT2D eigenvalue weighted by Crippen LogP contribution is 2.29. The van der Waals surface area contributed by atoms with Gasteiger partial charge in [0.25, 0.3) is 5.91 Å². The van der Waals surface area contributed by atoms with Crippen molar-refractivity contribution in [2.75, 3.05) is 13.1 Å². The third kappa shape index (κ3) is 2.58. The second-order valence-corrected chi connectivity index (χ2v) is 4.64. The summed E-state index contributed by atoms with van der Waals surface area (Å²) in [6, 6.07) is 6.75. The number of hydrogen-bond acceptors (Lipinski definition) is 2. The van der Waals surface area contributed by atoms with E-state index in [1.165, 1.54) is 13.0 Å². The van der Waals surface area contributed by atoms with E-state index in [0.717, 1.165) is 0 Å². The Hall–Kier alpha value is -1.71. The van der Waals surface area contributed by atoms with Crippen molar-refractivity contribution in [3.63, 3.8) is 0 Å². The molecule has 18 heavy (non-hydrogen) atoms. The van der Waals surface area contributed by atoms with E-state index in [2.05, 4.69) is 0 Å². The number of carbonyl (C=O) groups excluding carboxylic acids is 2. The Morgan fingerprint density at radius 2 is 1.83 bits per heavy atom. The highest BCUT2D eigenvalue weighted by atomic mass is 19.1. The van der Waals surface area contributed by atoms with Crippen LogP contribution in [0.25, 0.3) is 0 Å². The van der Waals surface area contributed by atoms with Crippen molar-refractivity contribution in [2.24, 2.45) is 0 Å². The second kappa shape index (κ2) is 5.29. The normalized spacial score (nSPS) is 16.7. The van der Waals surface area contributed by atoms with E-state index < -0.39 is 11.7 Å². The van der Waals surface area contributed by atoms with Crippen molar-refractivity contribution in [1.29, 1.82) is 0 Å². The van der Waals surface area contributed by atoms with Crippen molar-refractivity contribution in [3.05, 3.63) is 35.6 Å². The van der Waals surface area contributed by atoms with Gasteiger partial charge in [0.05, 0.1) is 0 Å². The van der Waals surface area contributed by atoms with Gasteiger partial charge in [-0.25, -0.2) is 4.39 Å². The molecule has 0 saturated carbocycles. The molecule has 4 heteroatoms. The van der Waals surface area contributed by atoms with Gasteiger partial charge in [0.15, 0.2) is 0 Å². The highest BCUT2D eigenvalue weighted by Gasteiger charge is 2.26. The number of amides is 1. The summed E-state index contributed by atoms with van der Waals surface area (Å²) in [5.74, 6) is -0.905. The third-order valence-corrected chi connectivity index (χ3v) is 3.43. The number of benzene rings is 1. The number of Topliss-reactive ketones (excluding diaryl/α,β-unsaturated/α-hetero) is 1. The number of hydrogen-bond donors (Lipinski definition) is 0. The molecule has 1 aliphatic heterocycles. The number of halogens is 1. The van der Waals surface area contributed by atoms with Crippen LogP contribution in [0.4, 0.5) is 4.39 Å². The van der Waals surface area contributed by atoms with Crippen molar-refractivity contribution in [2.45, 2.75) is 25.7 Å². The Labute approximate surface area is 106 Å². The van der Waals surface area contributed by atoms with Gasteiger partial charge in [-0.2, -0.15) is 0 Å². The number of nitrogens with zero attached hydrogens (tertiary/aromatic N) is 1.